The van der Waals surface area contributed by atoms with Crippen LogP contribution in [0, 0.1) is 12.8 Å². The first-order chi connectivity index (χ1) is 6.31. The van der Waals surface area contributed by atoms with Gasteiger partial charge in [0.05, 0.1) is 0 Å². The Bertz CT molecular complexity index is 286. The fourth-order valence-corrected chi connectivity index (χ4v) is 1.51. The first-order valence-corrected chi connectivity index (χ1v) is 5.09. The van der Waals surface area contributed by atoms with Crippen molar-refractivity contribution < 1.29 is 0 Å². The van der Waals surface area contributed by atoms with Crippen molar-refractivity contribution in [3.05, 3.63) is 11.3 Å². The van der Waals surface area contributed by atoms with Crippen LogP contribution in [0.5, 0.6) is 0 Å². The van der Waals surface area contributed by atoms with Gasteiger partial charge in [0, 0.05) is 17.8 Å². The number of hydrogen-bond acceptors (Lipinski definition) is 2. The van der Waals surface area contributed by atoms with E-state index in [9.17, 15) is 0 Å². The molecule has 0 unspecified atom stereocenters. The molecule has 3 heteroatoms. The van der Waals surface area contributed by atoms with Crippen LogP contribution in [-0.2, 0) is 6.42 Å². The van der Waals surface area contributed by atoms with Crippen molar-refractivity contribution in [3.63, 3.8) is 0 Å². The van der Waals surface area contributed by atoms with Gasteiger partial charge in [0.15, 0.2) is 5.82 Å². The first kappa shape index (κ1) is 8.60. The minimum Gasteiger partial charge on any atom is -0.368 e. The summed E-state index contributed by atoms with van der Waals surface area (Å²) in [5, 5.41) is 10.7. The Balaban J connectivity index is 1.97. The number of nitrogens with zero attached hydrogens (tertiary/aromatic N) is 1. The molecular formula is C10H17N3. The second kappa shape index (κ2) is 3.40. The monoisotopic (exact) mass is 179 g/mol. The van der Waals surface area contributed by atoms with Gasteiger partial charge < -0.3 is 5.32 Å². The van der Waals surface area contributed by atoms with Crippen LogP contribution in [0.25, 0.3) is 0 Å². The van der Waals surface area contributed by atoms with E-state index in [0.717, 1.165) is 24.7 Å². The third kappa shape index (κ3) is 1.85. The van der Waals surface area contributed by atoms with Crippen LogP contribution in [0.15, 0.2) is 0 Å². The average molecular weight is 179 g/mol. The Hall–Kier alpha value is -0.990. The van der Waals surface area contributed by atoms with Crippen LogP contribution in [0.4, 0.5) is 5.82 Å². The largest absolute Gasteiger partial charge is 0.368 e. The molecular weight excluding hydrogens is 162 g/mol. The van der Waals surface area contributed by atoms with Gasteiger partial charge in [-0.25, -0.2) is 0 Å². The molecule has 0 aromatic carbocycles. The smallest absolute Gasteiger partial charge is 0.150 e. The summed E-state index contributed by atoms with van der Waals surface area (Å²) in [7, 11) is 0. The standard InChI is InChI=1S/C10H17N3/c1-3-9-7(2)10(13-12-9)11-6-8-4-5-8/h8H,3-6H2,1-2H3,(H2,11,12,13). The van der Waals surface area contributed by atoms with Crippen LogP contribution in [0.3, 0.4) is 0 Å². The average Bonchev–Trinajstić information content (AvgIpc) is 2.89. The van der Waals surface area contributed by atoms with Gasteiger partial charge in [0.1, 0.15) is 0 Å². The summed E-state index contributed by atoms with van der Waals surface area (Å²) in [4.78, 5) is 0. The van der Waals surface area contributed by atoms with Gasteiger partial charge in [-0.3, -0.25) is 5.10 Å². The molecule has 2 N–H and O–H groups in total. The number of nitrogens with one attached hydrogen (secondary N) is 2. The minimum absolute atomic E-state index is 0.904. The molecule has 1 fully saturated rings. The van der Waals surface area contributed by atoms with Crippen LogP contribution in [0.2, 0.25) is 0 Å². The summed E-state index contributed by atoms with van der Waals surface area (Å²) in [6, 6.07) is 0. The number of aromatic amines is 1. The maximum atomic E-state index is 4.25. The van der Waals surface area contributed by atoms with Gasteiger partial charge in [-0.2, -0.15) is 5.10 Å². The molecule has 1 aromatic heterocycles. The molecule has 3 nitrogen and oxygen atoms in total. The fraction of sp³-hybridized carbons (Fsp3) is 0.700. The third-order valence-corrected chi connectivity index (χ3v) is 2.72. The van der Waals surface area contributed by atoms with Crippen LogP contribution < -0.4 is 5.32 Å². The van der Waals surface area contributed by atoms with Gasteiger partial charge >= 0.3 is 0 Å². The normalized spacial score (nSPS) is 16.2. The van der Waals surface area contributed by atoms with E-state index in [1.165, 1.54) is 24.1 Å². The lowest BCUT2D eigenvalue weighted by atomic mass is 10.2. The molecule has 0 radical (unpaired) electrons. The molecule has 1 aliphatic rings. The Kier molecular flexibility index (Phi) is 2.25. The molecule has 2 rings (SSSR count). The highest BCUT2D eigenvalue weighted by Crippen LogP contribution is 2.29. The zero-order valence-corrected chi connectivity index (χ0v) is 8.35. The lowest BCUT2D eigenvalue weighted by Gasteiger charge is -2.01. The van der Waals surface area contributed by atoms with Gasteiger partial charge in [-0.05, 0) is 32.1 Å². The first-order valence-electron chi connectivity index (χ1n) is 5.09. The highest BCUT2D eigenvalue weighted by atomic mass is 15.2. The summed E-state index contributed by atoms with van der Waals surface area (Å²) in [6.45, 7) is 5.36. The maximum Gasteiger partial charge on any atom is 0.150 e. The van der Waals surface area contributed by atoms with Crippen molar-refractivity contribution in [1.82, 2.24) is 10.2 Å². The second-order valence-corrected chi connectivity index (χ2v) is 3.85. The topological polar surface area (TPSA) is 40.7 Å². The Morgan fingerprint density at radius 2 is 2.31 bits per heavy atom. The molecule has 0 atom stereocenters. The number of hydrogen-bond donors (Lipinski definition) is 2. The molecule has 1 saturated carbocycles. The van der Waals surface area contributed by atoms with E-state index in [1.807, 2.05) is 0 Å². The zero-order valence-electron chi connectivity index (χ0n) is 8.35. The summed E-state index contributed by atoms with van der Waals surface area (Å²) in [5.74, 6) is 1.95. The molecule has 13 heavy (non-hydrogen) atoms. The van der Waals surface area contributed by atoms with Crippen LogP contribution >= 0.6 is 0 Å². The predicted octanol–water partition coefficient (Wildman–Crippen LogP) is 2.10. The highest BCUT2D eigenvalue weighted by molar-refractivity contribution is 5.45. The fourth-order valence-electron chi connectivity index (χ4n) is 1.51. The summed E-state index contributed by atoms with van der Waals surface area (Å²) in [6.07, 6.45) is 3.80. The molecule has 0 saturated heterocycles. The van der Waals surface area contributed by atoms with Gasteiger partial charge in [0.25, 0.3) is 0 Å². The molecule has 1 heterocycles. The van der Waals surface area contributed by atoms with E-state index < -0.39 is 0 Å². The van der Waals surface area contributed by atoms with E-state index >= 15 is 0 Å². The number of aryl methyl sites for hydroxylation is 1. The molecule has 0 spiro atoms. The zero-order chi connectivity index (χ0) is 9.26. The van der Waals surface area contributed by atoms with E-state index in [-0.39, 0.29) is 0 Å². The maximum absolute atomic E-state index is 4.25. The van der Waals surface area contributed by atoms with E-state index in [2.05, 4.69) is 29.4 Å². The van der Waals surface area contributed by atoms with Crippen molar-refractivity contribution in [2.24, 2.45) is 5.92 Å². The van der Waals surface area contributed by atoms with E-state index in [4.69, 9.17) is 0 Å². The quantitative estimate of drug-likeness (QED) is 0.743. The lowest BCUT2D eigenvalue weighted by Crippen LogP contribution is -2.04. The number of anilines is 1. The Morgan fingerprint density at radius 1 is 1.54 bits per heavy atom. The van der Waals surface area contributed by atoms with Crippen molar-refractivity contribution in [2.75, 3.05) is 11.9 Å². The molecule has 1 aromatic rings. The number of rotatable bonds is 4. The summed E-state index contributed by atoms with van der Waals surface area (Å²) >= 11 is 0. The number of H-pyrrole nitrogens is 1. The molecule has 0 bridgehead atoms. The van der Waals surface area contributed by atoms with E-state index in [0.29, 0.717) is 0 Å². The van der Waals surface area contributed by atoms with Crippen molar-refractivity contribution in [3.8, 4) is 0 Å². The van der Waals surface area contributed by atoms with Crippen molar-refractivity contribution in [2.45, 2.75) is 33.1 Å². The molecule has 1 aliphatic carbocycles. The summed E-state index contributed by atoms with van der Waals surface area (Å²) in [5.41, 5.74) is 2.53. The second-order valence-electron chi connectivity index (χ2n) is 3.85. The Morgan fingerprint density at radius 3 is 2.85 bits per heavy atom. The predicted molar refractivity (Wildman–Crippen MR) is 53.9 cm³/mol. The van der Waals surface area contributed by atoms with E-state index in [1.54, 1.807) is 0 Å². The van der Waals surface area contributed by atoms with Crippen molar-refractivity contribution in [1.29, 1.82) is 0 Å². The Labute approximate surface area is 78.9 Å². The SMILES string of the molecule is CCc1[nH]nc(NCC2CC2)c1C. The number of aromatic nitrogens is 2. The van der Waals surface area contributed by atoms with Crippen LogP contribution in [-0.4, -0.2) is 16.7 Å². The van der Waals surface area contributed by atoms with Crippen molar-refractivity contribution >= 4 is 5.82 Å². The lowest BCUT2D eigenvalue weighted by molar-refractivity contribution is 0.878. The molecule has 0 aliphatic heterocycles. The highest BCUT2D eigenvalue weighted by Gasteiger charge is 2.21. The molecule has 0 amide bonds. The molecule has 72 valence electrons. The minimum atomic E-state index is 0.904. The third-order valence-electron chi connectivity index (χ3n) is 2.72. The van der Waals surface area contributed by atoms with Gasteiger partial charge in [-0.1, -0.05) is 6.92 Å². The van der Waals surface area contributed by atoms with Crippen LogP contribution in [0.1, 0.15) is 31.0 Å². The summed E-state index contributed by atoms with van der Waals surface area (Å²) < 4.78 is 0. The van der Waals surface area contributed by atoms with Gasteiger partial charge in [-0.15, -0.1) is 0 Å². The van der Waals surface area contributed by atoms with Gasteiger partial charge in [0.2, 0.25) is 0 Å².